The van der Waals surface area contributed by atoms with Crippen molar-refractivity contribution < 1.29 is 5.11 Å². The highest BCUT2D eigenvalue weighted by atomic mass is 16.3. The van der Waals surface area contributed by atoms with Crippen LogP contribution in [0.5, 0.6) is 5.75 Å². The van der Waals surface area contributed by atoms with Gasteiger partial charge in [-0.15, -0.1) is 0 Å². The van der Waals surface area contributed by atoms with Crippen LogP contribution in [-0.2, 0) is 6.54 Å². The fourth-order valence-corrected chi connectivity index (χ4v) is 2.05. The zero-order valence-electron chi connectivity index (χ0n) is 11.3. The molecule has 0 aliphatic rings. The third-order valence-corrected chi connectivity index (χ3v) is 3.06. The van der Waals surface area contributed by atoms with Gasteiger partial charge in [0.2, 0.25) is 0 Å². The van der Waals surface area contributed by atoms with Gasteiger partial charge >= 0.3 is 0 Å². The summed E-state index contributed by atoms with van der Waals surface area (Å²) in [7, 11) is 4.01. The van der Waals surface area contributed by atoms with Gasteiger partial charge in [0, 0.05) is 12.1 Å². The molecule has 1 aromatic rings. The number of hydrogen-bond donors (Lipinski definition) is 2. The summed E-state index contributed by atoms with van der Waals surface area (Å²) in [6.45, 7) is 5.59. The van der Waals surface area contributed by atoms with Gasteiger partial charge < -0.3 is 15.7 Å². The zero-order valence-corrected chi connectivity index (χ0v) is 11.3. The smallest absolute Gasteiger partial charge is 0.122 e. The molecule has 1 unspecified atom stereocenters. The van der Waals surface area contributed by atoms with E-state index >= 15 is 0 Å². The first kappa shape index (κ1) is 14.0. The van der Waals surface area contributed by atoms with Crippen LogP contribution in [0, 0.1) is 6.92 Å². The summed E-state index contributed by atoms with van der Waals surface area (Å²) in [5.74, 6) is 0.864. The van der Waals surface area contributed by atoms with Crippen LogP contribution < -0.4 is 5.73 Å². The Kier molecular flexibility index (Phi) is 4.97. The SMILES string of the molecule is Cc1cc(C(C)CCN)cc(CN(C)C)c1O. The molecule has 3 heteroatoms. The van der Waals surface area contributed by atoms with Crippen LogP contribution >= 0.6 is 0 Å². The largest absolute Gasteiger partial charge is 0.507 e. The van der Waals surface area contributed by atoms with Crippen molar-refractivity contribution in [1.82, 2.24) is 4.90 Å². The summed E-state index contributed by atoms with van der Waals surface area (Å²) in [4.78, 5) is 2.06. The van der Waals surface area contributed by atoms with Crippen molar-refractivity contribution >= 4 is 0 Å². The van der Waals surface area contributed by atoms with Crippen LogP contribution in [-0.4, -0.2) is 30.6 Å². The van der Waals surface area contributed by atoms with E-state index in [4.69, 9.17) is 5.73 Å². The lowest BCUT2D eigenvalue weighted by atomic mass is 9.93. The van der Waals surface area contributed by atoms with E-state index in [1.807, 2.05) is 21.0 Å². The van der Waals surface area contributed by atoms with E-state index in [-0.39, 0.29) is 0 Å². The van der Waals surface area contributed by atoms with E-state index in [1.54, 1.807) is 0 Å². The van der Waals surface area contributed by atoms with Gasteiger partial charge in [0.25, 0.3) is 0 Å². The van der Waals surface area contributed by atoms with Crippen molar-refractivity contribution in [2.24, 2.45) is 5.73 Å². The van der Waals surface area contributed by atoms with Crippen molar-refractivity contribution in [3.05, 3.63) is 28.8 Å². The van der Waals surface area contributed by atoms with Gasteiger partial charge in [-0.2, -0.15) is 0 Å². The van der Waals surface area contributed by atoms with Gasteiger partial charge in [-0.3, -0.25) is 0 Å². The molecule has 96 valence electrons. The number of phenols is 1. The summed E-state index contributed by atoms with van der Waals surface area (Å²) in [5, 5.41) is 10.0. The Morgan fingerprint density at radius 1 is 1.35 bits per heavy atom. The molecule has 0 fully saturated rings. The van der Waals surface area contributed by atoms with Gasteiger partial charge in [-0.25, -0.2) is 0 Å². The summed E-state index contributed by atoms with van der Waals surface area (Å²) in [6, 6.07) is 4.16. The summed E-state index contributed by atoms with van der Waals surface area (Å²) in [5.41, 5.74) is 8.80. The fraction of sp³-hybridized carbons (Fsp3) is 0.571. The molecule has 0 amide bonds. The van der Waals surface area contributed by atoms with Crippen molar-refractivity contribution in [3.8, 4) is 5.75 Å². The highest BCUT2D eigenvalue weighted by molar-refractivity contribution is 5.44. The van der Waals surface area contributed by atoms with E-state index in [0.717, 1.165) is 24.1 Å². The lowest BCUT2D eigenvalue weighted by molar-refractivity contribution is 0.384. The molecule has 3 N–H and O–H groups in total. The minimum Gasteiger partial charge on any atom is -0.507 e. The Hall–Kier alpha value is -1.06. The summed E-state index contributed by atoms with van der Waals surface area (Å²) >= 11 is 0. The quantitative estimate of drug-likeness (QED) is 0.824. The topological polar surface area (TPSA) is 49.5 Å². The molecule has 0 aromatic heterocycles. The monoisotopic (exact) mass is 236 g/mol. The van der Waals surface area contributed by atoms with Gasteiger partial charge in [0.05, 0.1) is 0 Å². The van der Waals surface area contributed by atoms with Gasteiger partial charge in [-0.05, 0) is 51.0 Å². The number of rotatable bonds is 5. The number of nitrogens with zero attached hydrogens (tertiary/aromatic N) is 1. The average molecular weight is 236 g/mol. The zero-order chi connectivity index (χ0) is 13.0. The maximum atomic E-state index is 10.0. The van der Waals surface area contributed by atoms with Crippen LogP contribution in [0.15, 0.2) is 12.1 Å². The third kappa shape index (κ3) is 3.72. The molecule has 0 heterocycles. The van der Waals surface area contributed by atoms with Crippen LogP contribution in [0.3, 0.4) is 0 Å². The molecule has 1 atom stereocenters. The predicted octanol–water partition coefficient (Wildman–Crippen LogP) is 2.21. The lowest BCUT2D eigenvalue weighted by Crippen LogP contribution is -2.12. The normalized spacial score (nSPS) is 13.1. The molecule has 0 bridgehead atoms. The molecular formula is C14H24N2O. The second kappa shape index (κ2) is 6.03. The number of benzene rings is 1. The van der Waals surface area contributed by atoms with Crippen molar-refractivity contribution in [1.29, 1.82) is 0 Å². The Morgan fingerprint density at radius 2 is 2.00 bits per heavy atom. The molecule has 3 nitrogen and oxygen atoms in total. The van der Waals surface area contributed by atoms with Crippen molar-refractivity contribution in [2.45, 2.75) is 32.7 Å². The van der Waals surface area contributed by atoms with Crippen LogP contribution in [0.4, 0.5) is 0 Å². The van der Waals surface area contributed by atoms with E-state index in [9.17, 15) is 5.11 Å². The second-order valence-electron chi connectivity index (χ2n) is 5.06. The fourth-order valence-electron chi connectivity index (χ4n) is 2.05. The maximum Gasteiger partial charge on any atom is 0.122 e. The Balaban J connectivity index is 3.05. The molecule has 0 radical (unpaired) electrons. The number of hydrogen-bond acceptors (Lipinski definition) is 3. The third-order valence-electron chi connectivity index (χ3n) is 3.06. The highest BCUT2D eigenvalue weighted by Gasteiger charge is 2.11. The van der Waals surface area contributed by atoms with E-state index in [1.165, 1.54) is 5.56 Å². The molecule has 0 saturated carbocycles. The first-order chi connectivity index (χ1) is 7.95. The molecule has 17 heavy (non-hydrogen) atoms. The molecule has 1 aromatic carbocycles. The molecule has 0 aliphatic heterocycles. The molecule has 0 saturated heterocycles. The lowest BCUT2D eigenvalue weighted by Gasteiger charge is -2.17. The van der Waals surface area contributed by atoms with Crippen LogP contribution in [0.25, 0.3) is 0 Å². The molecule has 0 spiro atoms. The van der Waals surface area contributed by atoms with Crippen molar-refractivity contribution in [2.75, 3.05) is 20.6 Å². The first-order valence-corrected chi connectivity index (χ1v) is 6.13. The van der Waals surface area contributed by atoms with Gasteiger partial charge in [-0.1, -0.05) is 19.1 Å². The first-order valence-electron chi connectivity index (χ1n) is 6.13. The number of phenolic OH excluding ortho intramolecular Hbond substituents is 1. The maximum absolute atomic E-state index is 10.0. The number of aromatic hydroxyl groups is 1. The minimum atomic E-state index is 0.419. The number of nitrogens with two attached hydrogens (primary N) is 1. The van der Waals surface area contributed by atoms with Gasteiger partial charge in [0.15, 0.2) is 0 Å². The Morgan fingerprint density at radius 3 is 2.53 bits per heavy atom. The van der Waals surface area contributed by atoms with Crippen molar-refractivity contribution in [3.63, 3.8) is 0 Å². The molecule has 1 rings (SSSR count). The summed E-state index contributed by atoms with van der Waals surface area (Å²) < 4.78 is 0. The summed E-state index contributed by atoms with van der Waals surface area (Å²) in [6.07, 6.45) is 0.978. The van der Waals surface area contributed by atoms with Gasteiger partial charge in [0.1, 0.15) is 5.75 Å². The van der Waals surface area contributed by atoms with E-state index < -0.39 is 0 Å². The highest BCUT2D eigenvalue weighted by Crippen LogP contribution is 2.29. The van der Waals surface area contributed by atoms with Crippen LogP contribution in [0.2, 0.25) is 0 Å². The molecule has 0 aliphatic carbocycles. The van der Waals surface area contributed by atoms with E-state index in [2.05, 4.69) is 24.0 Å². The standard InChI is InChI=1S/C14H24N2O/c1-10(5-6-15)12-7-11(2)14(17)13(8-12)9-16(3)4/h7-8,10,17H,5-6,9,15H2,1-4H3. The minimum absolute atomic E-state index is 0.419. The second-order valence-corrected chi connectivity index (χ2v) is 5.06. The Labute approximate surface area is 104 Å². The Bertz CT molecular complexity index is 375. The molecular weight excluding hydrogens is 212 g/mol. The average Bonchev–Trinajstić information content (AvgIpc) is 2.24. The number of aryl methyl sites for hydroxylation is 1. The predicted molar refractivity (Wildman–Crippen MR) is 72.3 cm³/mol. The van der Waals surface area contributed by atoms with Crippen LogP contribution in [0.1, 0.15) is 36.0 Å². The van der Waals surface area contributed by atoms with E-state index in [0.29, 0.717) is 18.2 Å².